The van der Waals surface area contributed by atoms with Gasteiger partial charge in [0, 0.05) is 6.07 Å². The molecule has 0 aliphatic heterocycles. The van der Waals surface area contributed by atoms with Crippen molar-refractivity contribution in [2.24, 2.45) is 0 Å². The Bertz CT molecular complexity index is 1110. The number of nitrogens with one attached hydrogen (secondary N) is 2. The summed E-state index contributed by atoms with van der Waals surface area (Å²) < 4.78 is 38.2. The van der Waals surface area contributed by atoms with Crippen LogP contribution in [0.1, 0.15) is 10.4 Å². The Labute approximate surface area is 169 Å². The van der Waals surface area contributed by atoms with Crippen LogP contribution in [0.2, 0.25) is 0 Å². The van der Waals surface area contributed by atoms with Crippen molar-refractivity contribution in [3.63, 3.8) is 0 Å². The number of amides is 1. The fourth-order valence-electron chi connectivity index (χ4n) is 2.66. The van der Waals surface area contributed by atoms with Gasteiger partial charge < -0.3 is 14.8 Å². The van der Waals surface area contributed by atoms with E-state index >= 15 is 0 Å². The lowest BCUT2D eigenvalue weighted by atomic mass is 10.1. The number of sulfonamides is 1. The second-order valence-electron chi connectivity index (χ2n) is 5.98. The third-order valence-electron chi connectivity index (χ3n) is 4.13. The number of carbonyl (C=O) groups excluding carboxylic acids is 1. The molecule has 0 radical (unpaired) electrons. The van der Waals surface area contributed by atoms with Crippen LogP contribution in [0.3, 0.4) is 0 Å². The molecule has 0 atom stereocenters. The fraction of sp³-hybridized carbons (Fsp3) is 0.0952. The molecular weight excluding hydrogens is 392 g/mol. The van der Waals surface area contributed by atoms with Gasteiger partial charge >= 0.3 is 0 Å². The number of anilines is 2. The zero-order valence-electron chi connectivity index (χ0n) is 15.9. The maximum Gasteiger partial charge on any atom is 0.261 e. The van der Waals surface area contributed by atoms with Crippen LogP contribution in [-0.4, -0.2) is 28.5 Å². The zero-order valence-corrected chi connectivity index (χ0v) is 16.7. The van der Waals surface area contributed by atoms with E-state index in [4.69, 9.17) is 9.47 Å². The lowest BCUT2D eigenvalue weighted by Crippen LogP contribution is -2.18. The third-order valence-corrected chi connectivity index (χ3v) is 5.51. The van der Waals surface area contributed by atoms with Crippen LogP contribution in [0.5, 0.6) is 11.5 Å². The highest BCUT2D eigenvalue weighted by atomic mass is 32.2. The number of rotatable bonds is 7. The van der Waals surface area contributed by atoms with E-state index in [2.05, 4.69) is 10.0 Å². The highest BCUT2D eigenvalue weighted by molar-refractivity contribution is 7.92. The van der Waals surface area contributed by atoms with E-state index in [0.717, 1.165) is 0 Å². The summed E-state index contributed by atoms with van der Waals surface area (Å²) in [6.07, 6.45) is 0. The molecule has 1 amide bonds. The Morgan fingerprint density at radius 1 is 0.828 bits per heavy atom. The first-order valence-corrected chi connectivity index (χ1v) is 10.1. The molecule has 150 valence electrons. The molecule has 0 aromatic heterocycles. The van der Waals surface area contributed by atoms with Crippen molar-refractivity contribution in [3.05, 3.63) is 78.4 Å². The number of carbonyl (C=O) groups is 1. The summed E-state index contributed by atoms with van der Waals surface area (Å²) in [4.78, 5) is 13.0. The topological polar surface area (TPSA) is 93.7 Å². The van der Waals surface area contributed by atoms with Crippen molar-refractivity contribution in [1.29, 1.82) is 0 Å². The van der Waals surface area contributed by atoms with Gasteiger partial charge in [0.05, 0.1) is 36.1 Å². The van der Waals surface area contributed by atoms with Crippen molar-refractivity contribution in [2.45, 2.75) is 4.90 Å². The van der Waals surface area contributed by atoms with Gasteiger partial charge in [0.1, 0.15) is 11.5 Å². The second-order valence-corrected chi connectivity index (χ2v) is 7.67. The molecule has 3 rings (SSSR count). The molecule has 3 aromatic rings. The first-order valence-electron chi connectivity index (χ1n) is 8.65. The van der Waals surface area contributed by atoms with Gasteiger partial charge in [0.2, 0.25) is 0 Å². The predicted octanol–water partition coefficient (Wildman–Crippen LogP) is 3.76. The third kappa shape index (κ3) is 4.67. The molecule has 0 saturated carbocycles. The summed E-state index contributed by atoms with van der Waals surface area (Å²) in [6.45, 7) is 0. The molecule has 0 bridgehead atoms. The number of para-hydroxylation sites is 1. The van der Waals surface area contributed by atoms with Crippen LogP contribution in [0.15, 0.2) is 77.7 Å². The average Bonchev–Trinajstić information content (AvgIpc) is 2.74. The van der Waals surface area contributed by atoms with Crippen molar-refractivity contribution >= 4 is 27.3 Å². The Kier molecular flexibility index (Phi) is 6.04. The predicted molar refractivity (Wildman–Crippen MR) is 111 cm³/mol. The van der Waals surface area contributed by atoms with E-state index < -0.39 is 15.9 Å². The van der Waals surface area contributed by atoms with Crippen molar-refractivity contribution in [3.8, 4) is 11.5 Å². The van der Waals surface area contributed by atoms with Crippen LogP contribution in [-0.2, 0) is 10.0 Å². The summed E-state index contributed by atoms with van der Waals surface area (Å²) in [7, 11) is -0.827. The first-order chi connectivity index (χ1) is 13.9. The molecule has 29 heavy (non-hydrogen) atoms. The summed E-state index contributed by atoms with van der Waals surface area (Å²) in [6, 6.07) is 19.3. The molecule has 0 fully saturated rings. The molecule has 0 saturated heterocycles. The normalized spacial score (nSPS) is 10.8. The highest BCUT2D eigenvalue weighted by Gasteiger charge is 2.19. The van der Waals surface area contributed by atoms with E-state index in [-0.39, 0.29) is 16.1 Å². The van der Waals surface area contributed by atoms with E-state index in [1.165, 1.54) is 38.5 Å². The van der Waals surface area contributed by atoms with Gasteiger partial charge in [-0.15, -0.1) is 0 Å². The molecule has 3 aromatic carbocycles. The van der Waals surface area contributed by atoms with Gasteiger partial charge in [-0.1, -0.05) is 30.3 Å². The molecular formula is C21H20N2O5S. The van der Waals surface area contributed by atoms with E-state index in [1.807, 2.05) is 0 Å². The van der Waals surface area contributed by atoms with Gasteiger partial charge in [0.15, 0.2) is 0 Å². The Balaban J connectivity index is 1.88. The maximum absolute atomic E-state index is 12.8. The van der Waals surface area contributed by atoms with E-state index in [1.54, 1.807) is 48.5 Å². The molecule has 7 nitrogen and oxygen atoms in total. The SMILES string of the molecule is COc1ccc(NC(=O)c2ccccc2NS(=O)(=O)c2ccccc2)c(OC)c1. The van der Waals surface area contributed by atoms with Crippen molar-refractivity contribution in [1.82, 2.24) is 0 Å². The average molecular weight is 412 g/mol. The van der Waals surface area contributed by atoms with Crippen LogP contribution < -0.4 is 19.5 Å². The van der Waals surface area contributed by atoms with Crippen LogP contribution in [0, 0.1) is 0 Å². The standard InChI is InChI=1S/C21H20N2O5S/c1-27-15-12-13-19(20(14-15)28-2)22-21(24)17-10-6-7-11-18(17)23-29(25,26)16-8-4-3-5-9-16/h3-14,23H,1-2H3,(H,22,24). The number of benzene rings is 3. The quantitative estimate of drug-likeness (QED) is 0.616. The lowest BCUT2D eigenvalue weighted by molar-refractivity contribution is 0.102. The van der Waals surface area contributed by atoms with Gasteiger partial charge in [-0.3, -0.25) is 9.52 Å². The smallest absolute Gasteiger partial charge is 0.261 e. The number of methoxy groups -OCH3 is 2. The van der Waals surface area contributed by atoms with Crippen LogP contribution in [0.25, 0.3) is 0 Å². The van der Waals surface area contributed by atoms with Crippen molar-refractivity contribution in [2.75, 3.05) is 24.3 Å². The molecule has 0 heterocycles. The minimum atomic E-state index is -3.84. The zero-order chi connectivity index (χ0) is 20.9. The van der Waals surface area contributed by atoms with Gasteiger partial charge in [0.25, 0.3) is 15.9 Å². The molecule has 0 aliphatic rings. The monoisotopic (exact) mass is 412 g/mol. The first kappa shape index (κ1) is 20.2. The van der Waals surface area contributed by atoms with Gasteiger partial charge in [-0.25, -0.2) is 8.42 Å². The molecule has 0 aliphatic carbocycles. The van der Waals surface area contributed by atoms with Crippen molar-refractivity contribution < 1.29 is 22.7 Å². The Morgan fingerprint density at radius 3 is 2.21 bits per heavy atom. The van der Waals surface area contributed by atoms with E-state index in [0.29, 0.717) is 17.2 Å². The number of hydrogen-bond donors (Lipinski definition) is 2. The summed E-state index contributed by atoms with van der Waals surface area (Å²) in [5.41, 5.74) is 0.769. The minimum Gasteiger partial charge on any atom is -0.497 e. The number of ether oxygens (including phenoxy) is 2. The Morgan fingerprint density at radius 2 is 1.52 bits per heavy atom. The van der Waals surface area contributed by atoms with Crippen LogP contribution >= 0.6 is 0 Å². The second kappa shape index (κ2) is 8.66. The van der Waals surface area contributed by atoms with Crippen LogP contribution in [0.4, 0.5) is 11.4 Å². The largest absolute Gasteiger partial charge is 0.497 e. The van der Waals surface area contributed by atoms with Gasteiger partial charge in [-0.2, -0.15) is 0 Å². The lowest BCUT2D eigenvalue weighted by Gasteiger charge is -2.14. The summed E-state index contributed by atoms with van der Waals surface area (Å²) in [5, 5.41) is 2.74. The van der Waals surface area contributed by atoms with E-state index in [9.17, 15) is 13.2 Å². The summed E-state index contributed by atoms with van der Waals surface area (Å²) >= 11 is 0. The van der Waals surface area contributed by atoms with Gasteiger partial charge in [-0.05, 0) is 36.4 Å². The maximum atomic E-state index is 12.8. The highest BCUT2D eigenvalue weighted by Crippen LogP contribution is 2.30. The fourth-order valence-corrected chi connectivity index (χ4v) is 3.77. The molecule has 0 spiro atoms. The molecule has 0 unspecified atom stereocenters. The summed E-state index contributed by atoms with van der Waals surface area (Å²) in [5.74, 6) is 0.510. The number of hydrogen-bond acceptors (Lipinski definition) is 5. The molecule has 2 N–H and O–H groups in total. The Hall–Kier alpha value is -3.52. The molecule has 8 heteroatoms. The minimum absolute atomic E-state index is 0.104.